The van der Waals surface area contributed by atoms with E-state index in [0.29, 0.717) is 22.1 Å². The number of nitrogens with zero attached hydrogens (tertiary/aromatic N) is 1. The molecule has 158 valence electrons. The van der Waals surface area contributed by atoms with Gasteiger partial charge < -0.3 is 10.1 Å². The predicted octanol–water partition coefficient (Wildman–Crippen LogP) is 5.29. The molecule has 6 nitrogen and oxygen atoms in total. The molecule has 0 saturated heterocycles. The van der Waals surface area contributed by atoms with Gasteiger partial charge in [-0.05, 0) is 54.8 Å². The summed E-state index contributed by atoms with van der Waals surface area (Å²) in [4.78, 5) is 12.4. The lowest BCUT2D eigenvalue weighted by Crippen LogP contribution is -2.30. The number of carbonyl (C=O) groups is 1. The van der Waals surface area contributed by atoms with Crippen molar-refractivity contribution in [2.45, 2.75) is 17.2 Å². The topological polar surface area (TPSA) is 75.7 Å². The summed E-state index contributed by atoms with van der Waals surface area (Å²) in [6.45, 7) is 1.59. The summed E-state index contributed by atoms with van der Waals surface area (Å²) in [6.07, 6.45) is -0.821. The van der Waals surface area contributed by atoms with Crippen LogP contribution in [0.2, 0.25) is 10.0 Å². The molecular formula is C20H18Cl2N2O4S2. The van der Waals surface area contributed by atoms with Gasteiger partial charge in [-0.3, -0.25) is 9.10 Å². The van der Waals surface area contributed by atoms with Crippen molar-refractivity contribution in [3.05, 3.63) is 70.0 Å². The van der Waals surface area contributed by atoms with Gasteiger partial charge in [-0.15, -0.1) is 11.3 Å². The third kappa shape index (κ3) is 4.89. The van der Waals surface area contributed by atoms with Crippen LogP contribution in [0.25, 0.3) is 0 Å². The fourth-order valence-electron chi connectivity index (χ4n) is 2.51. The number of thiophene rings is 1. The van der Waals surface area contributed by atoms with Crippen molar-refractivity contribution in [2.75, 3.05) is 16.7 Å². The highest BCUT2D eigenvalue weighted by Crippen LogP contribution is 2.30. The molecule has 0 saturated carbocycles. The third-order valence-electron chi connectivity index (χ3n) is 4.20. The van der Waals surface area contributed by atoms with Crippen molar-refractivity contribution in [3.8, 4) is 5.75 Å². The number of halogens is 2. The number of carbonyl (C=O) groups excluding carboxylic acids is 1. The number of hydrogen-bond acceptors (Lipinski definition) is 5. The minimum atomic E-state index is -3.62. The molecular weight excluding hydrogens is 467 g/mol. The molecule has 0 aliphatic rings. The zero-order chi connectivity index (χ0) is 21.9. The molecule has 0 aliphatic heterocycles. The van der Waals surface area contributed by atoms with Crippen LogP contribution in [0.4, 0.5) is 11.4 Å². The van der Waals surface area contributed by atoms with Gasteiger partial charge in [0, 0.05) is 7.05 Å². The molecule has 10 heteroatoms. The molecule has 3 aromatic rings. The number of rotatable bonds is 7. The number of hydrogen-bond donors (Lipinski definition) is 1. The van der Waals surface area contributed by atoms with Crippen LogP contribution in [-0.4, -0.2) is 27.5 Å². The van der Waals surface area contributed by atoms with E-state index in [2.05, 4.69) is 5.32 Å². The summed E-state index contributed by atoms with van der Waals surface area (Å²) in [5.74, 6) is 0.0150. The molecule has 0 fully saturated rings. The smallest absolute Gasteiger partial charge is 0.273 e. The molecule has 0 spiro atoms. The van der Waals surface area contributed by atoms with Crippen molar-refractivity contribution in [3.63, 3.8) is 0 Å². The van der Waals surface area contributed by atoms with Gasteiger partial charge in [0.15, 0.2) is 6.10 Å². The second-order valence-corrected chi connectivity index (χ2v) is 10.2. The first-order valence-corrected chi connectivity index (χ1v) is 11.8. The van der Waals surface area contributed by atoms with E-state index in [1.165, 1.54) is 11.4 Å². The maximum absolute atomic E-state index is 12.6. The van der Waals surface area contributed by atoms with E-state index in [9.17, 15) is 13.2 Å². The van der Waals surface area contributed by atoms with Crippen LogP contribution in [0, 0.1) is 0 Å². The van der Waals surface area contributed by atoms with Crippen LogP contribution in [-0.2, 0) is 14.8 Å². The summed E-state index contributed by atoms with van der Waals surface area (Å²) in [6, 6.07) is 14.6. The van der Waals surface area contributed by atoms with E-state index < -0.39 is 22.0 Å². The van der Waals surface area contributed by atoms with Gasteiger partial charge in [-0.1, -0.05) is 35.3 Å². The first-order chi connectivity index (χ1) is 14.2. The standard InChI is InChI=1S/C20H18Cl2N2O4S2/c1-13(20(25)23-17-6-3-5-16(21)19(17)22)28-15-10-8-14(9-11-15)24(2)30(26,27)18-7-4-12-29-18/h3-13H,1-2H3,(H,23,25)/t13-/m0/s1. The fraction of sp³-hybridized carbons (Fsp3) is 0.150. The summed E-state index contributed by atoms with van der Waals surface area (Å²) in [5, 5.41) is 4.96. The van der Waals surface area contributed by atoms with E-state index >= 15 is 0 Å². The van der Waals surface area contributed by atoms with Crippen molar-refractivity contribution < 1.29 is 17.9 Å². The van der Waals surface area contributed by atoms with Gasteiger partial charge >= 0.3 is 0 Å². The Bertz CT molecular complexity index is 1130. The van der Waals surface area contributed by atoms with Crippen molar-refractivity contribution in [1.29, 1.82) is 0 Å². The highest BCUT2D eigenvalue weighted by Gasteiger charge is 2.22. The predicted molar refractivity (Wildman–Crippen MR) is 122 cm³/mol. The normalized spacial score (nSPS) is 12.3. The van der Waals surface area contributed by atoms with E-state index in [1.807, 2.05) is 0 Å². The maximum atomic E-state index is 12.6. The van der Waals surface area contributed by atoms with Crippen molar-refractivity contribution >= 4 is 61.8 Å². The summed E-state index contributed by atoms with van der Waals surface area (Å²) >= 11 is 13.2. The molecule has 1 aromatic heterocycles. The summed E-state index contributed by atoms with van der Waals surface area (Å²) in [5.41, 5.74) is 0.860. The average molecular weight is 485 g/mol. The van der Waals surface area contributed by atoms with Gasteiger partial charge in [0.1, 0.15) is 9.96 Å². The lowest BCUT2D eigenvalue weighted by Gasteiger charge is -2.19. The molecule has 0 bridgehead atoms. The minimum absolute atomic E-state index is 0.249. The number of amides is 1. The molecule has 30 heavy (non-hydrogen) atoms. The molecule has 1 heterocycles. The number of anilines is 2. The molecule has 0 unspecified atom stereocenters. The molecule has 2 aromatic carbocycles. The SMILES string of the molecule is C[C@H](Oc1ccc(N(C)S(=O)(=O)c2cccs2)cc1)C(=O)Nc1cccc(Cl)c1Cl. The van der Waals surface area contributed by atoms with Gasteiger partial charge in [0.05, 0.1) is 21.4 Å². The van der Waals surface area contributed by atoms with Crippen molar-refractivity contribution in [2.24, 2.45) is 0 Å². The lowest BCUT2D eigenvalue weighted by atomic mass is 10.2. The Morgan fingerprint density at radius 2 is 1.80 bits per heavy atom. The minimum Gasteiger partial charge on any atom is -0.481 e. The average Bonchev–Trinajstić information content (AvgIpc) is 3.27. The highest BCUT2D eigenvalue weighted by molar-refractivity contribution is 7.94. The van der Waals surface area contributed by atoms with Crippen LogP contribution in [0.5, 0.6) is 5.75 Å². The summed E-state index contributed by atoms with van der Waals surface area (Å²) < 4.78 is 32.3. The van der Waals surface area contributed by atoms with Crippen LogP contribution in [0.3, 0.4) is 0 Å². The second kappa shape index (κ2) is 9.26. The Kier molecular flexibility index (Phi) is 6.92. The van der Waals surface area contributed by atoms with Crippen molar-refractivity contribution in [1.82, 2.24) is 0 Å². The van der Waals surface area contributed by atoms with E-state index in [-0.39, 0.29) is 9.23 Å². The van der Waals surface area contributed by atoms with E-state index in [4.69, 9.17) is 27.9 Å². The number of sulfonamides is 1. The Labute approximate surface area is 189 Å². The zero-order valence-electron chi connectivity index (χ0n) is 16.0. The number of ether oxygens (including phenoxy) is 1. The molecule has 0 aliphatic carbocycles. The first kappa shape index (κ1) is 22.4. The molecule has 0 radical (unpaired) electrons. The van der Waals surface area contributed by atoms with Crippen LogP contribution in [0.15, 0.2) is 64.2 Å². The second-order valence-electron chi connectivity index (χ2n) is 6.25. The van der Waals surface area contributed by atoms with E-state index in [1.54, 1.807) is 66.9 Å². The molecule has 1 atom stereocenters. The zero-order valence-corrected chi connectivity index (χ0v) is 19.1. The quantitative estimate of drug-likeness (QED) is 0.494. The summed E-state index contributed by atoms with van der Waals surface area (Å²) in [7, 11) is -2.13. The Balaban J connectivity index is 1.66. The van der Waals surface area contributed by atoms with Gasteiger partial charge in [-0.25, -0.2) is 8.42 Å². The third-order valence-corrected chi connectivity index (χ3v) is 8.18. The first-order valence-electron chi connectivity index (χ1n) is 8.74. The Hall–Kier alpha value is -2.26. The number of benzene rings is 2. The lowest BCUT2D eigenvalue weighted by molar-refractivity contribution is -0.122. The molecule has 1 N–H and O–H groups in total. The highest BCUT2D eigenvalue weighted by atomic mass is 35.5. The Morgan fingerprint density at radius 3 is 2.43 bits per heavy atom. The van der Waals surface area contributed by atoms with Gasteiger partial charge in [0.2, 0.25) is 0 Å². The Morgan fingerprint density at radius 1 is 1.10 bits per heavy atom. The van der Waals surface area contributed by atoms with Crippen LogP contribution >= 0.6 is 34.5 Å². The van der Waals surface area contributed by atoms with Gasteiger partial charge in [-0.2, -0.15) is 0 Å². The number of nitrogens with one attached hydrogen (secondary N) is 1. The molecule has 1 amide bonds. The van der Waals surface area contributed by atoms with Crippen LogP contribution in [0.1, 0.15) is 6.92 Å². The van der Waals surface area contributed by atoms with Gasteiger partial charge in [0.25, 0.3) is 15.9 Å². The monoisotopic (exact) mass is 484 g/mol. The largest absolute Gasteiger partial charge is 0.481 e. The molecule has 3 rings (SSSR count). The van der Waals surface area contributed by atoms with E-state index in [0.717, 1.165) is 11.3 Å². The van der Waals surface area contributed by atoms with Crippen LogP contribution < -0.4 is 14.4 Å². The fourth-order valence-corrected chi connectivity index (χ4v) is 5.22. The maximum Gasteiger partial charge on any atom is 0.273 e.